The summed E-state index contributed by atoms with van der Waals surface area (Å²) in [4.78, 5) is 23.1. The molecular formula is C13H18N2O3S. The number of nitrogens with one attached hydrogen (secondary N) is 2. The van der Waals surface area contributed by atoms with E-state index in [0.29, 0.717) is 24.6 Å². The van der Waals surface area contributed by atoms with Crippen LogP contribution in [0, 0.1) is 5.92 Å². The molecule has 2 amide bonds. The van der Waals surface area contributed by atoms with Crippen molar-refractivity contribution in [3.63, 3.8) is 0 Å². The highest BCUT2D eigenvalue weighted by Gasteiger charge is 2.26. The van der Waals surface area contributed by atoms with Gasteiger partial charge in [-0.15, -0.1) is 0 Å². The van der Waals surface area contributed by atoms with Crippen LogP contribution in [0.4, 0.5) is 0 Å². The van der Waals surface area contributed by atoms with E-state index in [0.717, 1.165) is 12.8 Å². The van der Waals surface area contributed by atoms with Crippen LogP contribution in [0.2, 0.25) is 0 Å². The molecule has 0 aromatic carbocycles. The first-order chi connectivity index (χ1) is 9.15. The van der Waals surface area contributed by atoms with Gasteiger partial charge in [0, 0.05) is 30.5 Å². The van der Waals surface area contributed by atoms with E-state index < -0.39 is 0 Å². The van der Waals surface area contributed by atoms with E-state index >= 15 is 0 Å². The topological polar surface area (TPSA) is 78.4 Å². The Kier molecular flexibility index (Phi) is 4.93. The van der Waals surface area contributed by atoms with Gasteiger partial charge in [-0.25, -0.2) is 0 Å². The average Bonchev–Trinajstić information content (AvgIpc) is 2.87. The fourth-order valence-electron chi connectivity index (χ4n) is 2.00. The number of aliphatic hydroxyl groups is 1. The van der Waals surface area contributed by atoms with Crippen molar-refractivity contribution in [1.82, 2.24) is 10.6 Å². The number of carbonyl (C=O) groups excluding carboxylic acids is 2. The molecule has 104 valence electrons. The summed E-state index contributed by atoms with van der Waals surface area (Å²) >= 11 is 1.47. The average molecular weight is 282 g/mol. The molecule has 1 aromatic heterocycles. The standard InChI is InChI=1S/C13H18N2O3S/c16-11-5-9(6-11)7-15-12(17)1-3-14-13(18)10-2-4-19-8-10/h2,4,8-9,11,16H,1,3,5-7H2,(H,14,18)(H,15,17). The van der Waals surface area contributed by atoms with E-state index in [1.807, 2.05) is 5.38 Å². The second-order valence-corrected chi connectivity index (χ2v) is 5.59. The Balaban J connectivity index is 1.55. The van der Waals surface area contributed by atoms with Crippen LogP contribution < -0.4 is 10.6 Å². The molecule has 0 spiro atoms. The van der Waals surface area contributed by atoms with Crippen molar-refractivity contribution in [2.75, 3.05) is 13.1 Å². The molecule has 1 heterocycles. The van der Waals surface area contributed by atoms with Gasteiger partial charge < -0.3 is 15.7 Å². The van der Waals surface area contributed by atoms with Gasteiger partial charge in [-0.2, -0.15) is 11.3 Å². The molecule has 1 fully saturated rings. The third kappa shape index (κ3) is 4.33. The van der Waals surface area contributed by atoms with Crippen molar-refractivity contribution in [3.8, 4) is 0 Å². The van der Waals surface area contributed by atoms with Gasteiger partial charge in [-0.3, -0.25) is 9.59 Å². The minimum absolute atomic E-state index is 0.0630. The summed E-state index contributed by atoms with van der Waals surface area (Å²) < 4.78 is 0. The third-order valence-electron chi connectivity index (χ3n) is 3.22. The Morgan fingerprint density at radius 2 is 2.16 bits per heavy atom. The molecule has 0 radical (unpaired) electrons. The van der Waals surface area contributed by atoms with Crippen molar-refractivity contribution in [3.05, 3.63) is 22.4 Å². The maximum absolute atomic E-state index is 11.6. The SMILES string of the molecule is O=C(CCNC(=O)c1ccsc1)NCC1CC(O)C1. The van der Waals surface area contributed by atoms with Crippen LogP contribution in [-0.4, -0.2) is 36.1 Å². The van der Waals surface area contributed by atoms with Crippen molar-refractivity contribution >= 4 is 23.2 Å². The lowest BCUT2D eigenvalue weighted by Crippen LogP contribution is -2.39. The zero-order valence-corrected chi connectivity index (χ0v) is 11.4. The van der Waals surface area contributed by atoms with E-state index in [4.69, 9.17) is 5.11 Å². The zero-order valence-electron chi connectivity index (χ0n) is 10.6. The van der Waals surface area contributed by atoms with Crippen molar-refractivity contribution in [2.45, 2.75) is 25.4 Å². The van der Waals surface area contributed by atoms with Crippen molar-refractivity contribution in [1.29, 1.82) is 0 Å². The van der Waals surface area contributed by atoms with E-state index in [1.54, 1.807) is 11.4 Å². The Labute approximate surface area is 116 Å². The monoisotopic (exact) mass is 282 g/mol. The molecule has 1 aliphatic rings. The van der Waals surface area contributed by atoms with Gasteiger partial charge in [-0.1, -0.05) is 0 Å². The zero-order chi connectivity index (χ0) is 13.7. The number of hydrogen-bond donors (Lipinski definition) is 3. The minimum Gasteiger partial charge on any atom is -0.393 e. The molecule has 1 aromatic rings. The number of rotatable bonds is 6. The molecular weight excluding hydrogens is 264 g/mol. The molecule has 6 heteroatoms. The number of carbonyl (C=O) groups is 2. The minimum atomic E-state index is -0.188. The molecule has 1 saturated carbocycles. The summed E-state index contributed by atoms with van der Waals surface area (Å²) in [6, 6.07) is 1.75. The van der Waals surface area contributed by atoms with Crippen LogP contribution in [0.15, 0.2) is 16.8 Å². The second-order valence-electron chi connectivity index (χ2n) is 4.81. The van der Waals surface area contributed by atoms with E-state index in [-0.39, 0.29) is 24.3 Å². The summed E-state index contributed by atoms with van der Waals surface area (Å²) in [6.07, 6.45) is 1.64. The molecule has 3 N–H and O–H groups in total. The van der Waals surface area contributed by atoms with Crippen LogP contribution in [0.3, 0.4) is 0 Å². The number of amides is 2. The van der Waals surface area contributed by atoms with Gasteiger partial charge in [0.05, 0.1) is 6.10 Å². The highest BCUT2D eigenvalue weighted by Crippen LogP contribution is 2.25. The Bertz CT molecular complexity index is 427. The first-order valence-electron chi connectivity index (χ1n) is 6.40. The molecule has 0 unspecified atom stereocenters. The largest absolute Gasteiger partial charge is 0.393 e. The summed E-state index contributed by atoms with van der Waals surface area (Å²) in [5.41, 5.74) is 0.633. The molecule has 1 aliphatic carbocycles. The molecule has 0 saturated heterocycles. The lowest BCUT2D eigenvalue weighted by molar-refractivity contribution is -0.121. The molecule has 2 rings (SSSR count). The first-order valence-corrected chi connectivity index (χ1v) is 7.34. The molecule has 19 heavy (non-hydrogen) atoms. The maximum atomic E-state index is 11.6. The summed E-state index contributed by atoms with van der Waals surface area (Å²) in [6.45, 7) is 0.960. The number of hydrogen-bond acceptors (Lipinski definition) is 4. The van der Waals surface area contributed by atoms with Crippen LogP contribution in [-0.2, 0) is 4.79 Å². The van der Waals surface area contributed by atoms with E-state index in [9.17, 15) is 9.59 Å². The van der Waals surface area contributed by atoms with E-state index in [2.05, 4.69) is 10.6 Å². The highest BCUT2D eigenvalue weighted by atomic mass is 32.1. The maximum Gasteiger partial charge on any atom is 0.252 e. The number of aliphatic hydroxyl groups excluding tert-OH is 1. The molecule has 0 bridgehead atoms. The van der Waals surface area contributed by atoms with Crippen LogP contribution in [0.1, 0.15) is 29.6 Å². The van der Waals surface area contributed by atoms with Gasteiger partial charge in [0.15, 0.2) is 0 Å². The molecule has 0 aliphatic heterocycles. The van der Waals surface area contributed by atoms with Gasteiger partial charge in [0.1, 0.15) is 0 Å². The molecule has 0 atom stereocenters. The highest BCUT2D eigenvalue weighted by molar-refractivity contribution is 7.08. The summed E-state index contributed by atoms with van der Waals surface area (Å²) in [7, 11) is 0. The van der Waals surface area contributed by atoms with E-state index in [1.165, 1.54) is 11.3 Å². The van der Waals surface area contributed by atoms with Crippen LogP contribution >= 0.6 is 11.3 Å². The summed E-state index contributed by atoms with van der Waals surface area (Å²) in [5, 5.41) is 18.3. The van der Waals surface area contributed by atoms with Crippen molar-refractivity contribution in [2.24, 2.45) is 5.92 Å². The predicted molar refractivity (Wildman–Crippen MR) is 73.0 cm³/mol. The third-order valence-corrected chi connectivity index (χ3v) is 3.90. The van der Waals surface area contributed by atoms with Gasteiger partial charge in [0.25, 0.3) is 5.91 Å². The fraction of sp³-hybridized carbons (Fsp3) is 0.538. The second kappa shape index (κ2) is 6.68. The Hall–Kier alpha value is -1.40. The summed E-state index contributed by atoms with van der Waals surface area (Å²) in [5.74, 6) is 0.197. The lowest BCUT2D eigenvalue weighted by atomic mass is 9.82. The number of thiophene rings is 1. The smallest absolute Gasteiger partial charge is 0.252 e. The van der Waals surface area contributed by atoms with Crippen LogP contribution in [0.5, 0.6) is 0 Å². The van der Waals surface area contributed by atoms with Crippen LogP contribution in [0.25, 0.3) is 0 Å². The quantitative estimate of drug-likeness (QED) is 0.720. The Morgan fingerprint density at radius 1 is 1.37 bits per heavy atom. The normalized spacial score (nSPS) is 21.5. The molecule has 5 nitrogen and oxygen atoms in total. The predicted octanol–water partition coefficient (Wildman–Crippen LogP) is 0.755. The lowest BCUT2D eigenvalue weighted by Gasteiger charge is -2.31. The first kappa shape index (κ1) is 14.0. The van der Waals surface area contributed by atoms with Gasteiger partial charge >= 0.3 is 0 Å². The fourth-order valence-corrected chi connectivity index (χ4v) is 2.63. The van der Waals surface area contributed by atoms with Gasteiger partial charge in [-0.05, 0) is 30.2 Å². The van der Waals surface area contributed by atoms with Crippen molar-refractivity contribution < 1.29 is 14.7 Å². The van der Waals surface area contributed by atoms with Gasteiger partial charge in [0.2, 0.25) is 5.91 Å². The Morgan fingerprint density at radius 3 is 2.79 bits per heavy atom.